The Balaban J connectivity index is 2.30. The van der Waals surface area contributed by atoms with Gasteiger partial charge in [0.1, 0.15) is 5.82 Å². The summed E-state index contributed by atoms with van der Waals surface area (Å²) in [4.78, 5) is 11.6. The molecule has 2 aromatic rings. The van der Waals surface area contributed by atoms with Crippen molar-refractivity contribution in [2.24, 2.45) is 0 Å². The predicted octanol–water partition coefficient (Wildman–Crippen LogP) is 2.17. The Labute approximate surface area is 111 Å². The van der Waals surface area contributed by atoms with Crippen LogP contribution in [0.1, 0.15) is 24.0 Å². The van der Waals surface area contributed by atoms with Crippen LogP contribution in [0.15, 0.2) is 30.6 Å². The van der Waals surface area contributed by atoms with Crippen LogP contribution in [-0.4, -0.2) is 22.7 Å². The molecule has 19 heavy (non-hydrogen) atoms. The summed E-state index contributed by atoms with van der Waals surface area (Å²) < 4.78 is 14.9. The van der Waals surface area contributed by atoms with E-state index in [2.05, 4.69) is 10.4 Å². The normalized spacial score (nSPS) is 12.2. The van der Waals surface area contributed by atoms with E-state index in [1.807, 2.05) is 6.92 Å². The molecule has 1 N–H and O–H groups in total. The molecule has 0 bridgehead atoms. The number of carbonyl (C=O) groups excluding carboxylic acids is 1. The highest BCUT2D eigenvalue weighted by Crippen LogP contribution is 2.18. The first kappa shape index (κ1) is 13.3. The lowest BCUT2D eigenvalue weighted by Crippen LogP contribution is -2.23. The lowest BCUT2D eigenvalue weighted by molar-refractivity contribution is -0.121. The van der Waals surface area contributed by atoms with Gasteiger partial charge < -0.3 is 5.32 Å². The van der Waals surface area contributed by atoms with E-state index in [0.717, 1.165) is 11.3 Å². The molecule has 100 valence electrons. The number of aryl methyl sites for hydroxylation is 1. The van der Waals surface area contributed by atoms with E-state index in [1.54, 1.807) is 43.2 Å². The molecule has 0 radical (unpaired) electrons. The number of hydrogen-bond donors (Lipinski definition) is 1. The van der Waals surface area contributed by atoms with Crippen LogP contribution in [-0.2, 0) is 4.79 Å². The highest BCUT2D eigenvalue weighted by atomic mass is 19.1. The summed E-state index contributed by atoms with van der Waals surface area (Å²) in [5, 5.41) is 6.81. The van der Waals surface area contributed by atoms with Gasteiger partial charge in [-0.15, -0.1) is 0 Å². The molecule has 0 aliphatic heterocycles. The summed E-state index contributed by atoms with van der Waals surface area (Å²) >= 11 is 0. The first-order valence-corrected chi connectivity index (χ1v) is 6.05. The van der Waals surface area contributed by atoms with Crippen LogP contribution in [0.5, 0.6) is 0 Å². The van der Waals surface area contributed by atoms with Gasteiger partial charge in [0, 0.05) is 18.8 Å². The van der Waals surface area contributed by atoms with Crippen molar-refractivity contribution in [3.05, 3.63) is 47.5 Å². The largest absolute Gasteiger partial charge is 0.359 e. The van der Waals surface area contributed by atoms with Crippen molar-refractivity contribution in [2.45, 2.75) is 19.8 Å². The van der Waals surface area contributed by atoms with E-state index in [0.29, 0.717) is 5.56 Å². The third-order valence-corrected chi connectivity index (χ3v) is 3.15. The minimum atomic E-state index is -0.264. The van der Waals surface area contributed by atoms with Crippen LogP contribution < -0.4 is 5.32 Å². The van der Waals surface area contributed by atoms with E-state index in [-0.39, 0.29) is 17.6 Å². The quantitative estimate of drug-likeness (QED) is 0.920. The zero-order chi connectivity index (χ0) is 14.0. The second-order valence-electron chi connectivity index (χ2n) is 4.49. The minimum absolute atomic E-state index is 0.0603. The molecule has 1 aromatic carbocycles. The molecule has 5 heteroatoms. The molecule has 0 fully saturated rings. The molecule has 1 heterocycles. The smallest absolute Gasteiger partial charge is 0.227 e. The van der Waals surface area contributed by atoms with E-state index >= 15 is 0 Å². The average Bonchev–Trinajstić information content (AvgIpc) is 2.89. The molecule has 0 aliphatic rings. The van der Waals surface area contributed by atoms with E-state index in [1.165, 1.54) is 6.07 Å². The molecule has 0 saturated heterocycles. The van der Waals surface area contributed by atoms with Crippen molar-refractivity contribution in [2.75, 3.05) is 7.05 Å². The maximum Gasteiger partial charge on any atom is 0.227 e. The average molecular weight is 261 g/mol. The number of likely N-dealkylation sites (N-methyl/N-ethyl adjacent to an activating group) is 1. The fourth-order valence-corrected chi connectivity index (χ4v) is 1.84. The number of benzene rings is 1. The van der Waals surface area contributed by atoms with Crippen molar-refractivity contribution in [1.82, 2.24) is 15.1 Å². The lowest BCUT2D eigenvalue weighted by Gasteiger charge is -2.06. The van der Waals surface area contributed by atoms with Crippen LogP contribution in [0.25, 0.3) is 5.69 Å². The zero-order valence-electron chi connectivity index (χ0n) is 11.1. The molecule has 1 unspecified atom stereocenters. The molecule has 4 nitrogen and oxygen atoms in total. The molecule has 0 aliphatic carbocycles. The molecule has 1 atom stereocenters. The fourth-order valence-electron chi connectivity index (χ4n) is 1.84. The highest BCUT2D eigenvalue weighted by molar-refractivity contribution is 5.82. The molecule has 0 saturated carbocycles. The monoisotopic (exact) mass is 261 g/mol. The van der Waals surface area contributed by atoms with E-state index < -0.39 is 0 Å². The van der Waals surface area contributed by atoms with Gasteiger partial charge in [-0.05, 0) is 37.6 Å². The number of amides is 1. The van der Waals surface area contributed by atoms with Crippen molar-refractivity contribution in [3.8, 4) is 5.69 Å². The van der Waals surface area contributed by atoms with Crippen molar-refractivity contribution >= 4 is 5.91 Å². The number of nitrogens with zero attached hydrogens (tertiary/aromatic N) is 2. The van der Waals surface area contributed by atoms with E-state index in [9.17, 15) is 9.18 Å². The zero-order valence-corrected chi connectivity index (χ0v) is 11.1. The molecular weight excluding hydrogens is 245 g/mol. The third-order valence-electron chi connectivity index (χ3n) is 3.15. The second kappa shape index (κ2) is 5.22. The summed E-state index contributed by atoms with van der Waals surface area (Å²) in [5.41, 5.74) is 2.16. The van der Waals surface area contributed by atoms with Crippen LogP contribution in [0.2, 0.25) is 0 Å². The summed E-state index contributed by atoms with van der Waals surface area (Å²) in [6.45, 7) is 3.52. The van der Waals surface area contributed by atoms with Crippen LogP contribution in [0, 0.1) is 12.7 Å². The Morgan fingerprint density at radius 3 is 2.84 bits per heavy atom. The maximum atomic E-state index is 13.2. The summed E-state index contributed by atoms with van der Waals surface area (Å²) in [7, 11) is 1.60. The molecular formula is C14H16FN3O. The SMILES string of the molecule is CNC(=O)C(C)c1cnn(-c2ccc(F)c(C)c2)c1. The van der Waals surface area contributed by atoms with Crippen molar-refractivity contribution < 1.29 is 9.18 Å². The van der Waals surface area contributed by atoms with Gasteiger partial charge in [0.15, 0.2) is 0 Å². The Morgan fingerprint density at radius 2 is 2.21 bits per heavy atom. The molecule has 1 aromatic heterocycles. The highest BCUT2D eigenvalue weighted by Gasteiger charge is 2.15. The molecule has 2 rings (SSSR count). The van der Waals surface area contributed by atoms with Gasteiger partial charge in [-0.2, -0.15) is 5.10 Å². The second-order valence-corrected chi connectivity index (χ2v) is 4.49. The summed E-state index contributed by atoms with van der Waals surface area (Å²) in [5.74, 6) is -0.565. The first-order valence-electron chi connectivity index (χ1n) is 6.05. The van der Waals surface area contributed by atoms with Crippen molar-refractivity contribution in [3.63, 3.8) is 0 Å². The van der Waals surface area contributed by atoms with Gasteiger partial charge in [0.25, 0.3) is 0 Å². The number of carbonyl (C=O) groups is 1. The van der Waals surface area contributed by atoms with Crippen LogP contribution in [0.4, 0.5) is 4.39 Å². The van der Waals surface area contributed by atoms with Gasteiger partial charge >= 0.3 is 0 Å². The topological polar surface area (TPSA) is 46.9 Å². The van der Waals surface area contributed by atoms with Gasteiger partial charge in [-0.3, -0.25) is 4.79 Å². The first-order chi connectivity index (χ1) is 9.02. The molecule has 1 amide bonds. The van der Waals surface area contributed by atoms with Crippen LogP contribution >= 0.6 is 0 Å². The number of aromatic nitrogens is 2. The Morgan fingerprint density at radius 1 is 1.47 bits per heavy atom. The van der Waals surface area contributed by atoms with E-state index in [4.69, 9.17) is 0 Å². The molecule has 0 spiro atoms. The maximum absolute atomic E-state index is 13.2. The van der Waals surface area contributed by atoms with Gasteiger partial charge in [0.05, 0.1) is 17.8 Å². The number of nitrogens with one attached hydrogen (secondary N) is 1. The van der Waals surface area contributed by atoms with Crippen LogP contribution in [0.3, 0.4) is 0 Å². The fraction of sp³-hybridized carbons (Fsp3) is 0.286. The number of halogens is 1. The Hall–Kier alpha value is -2.17. The summed E-state index contributed by atoms with van der Waals surface area (Å²) in [6, 6.07) is 4.79. The van der Waals surface area contributed by atoms with Gasteiger partial charge in [0.2, 0.25) is 5.91 Å². The predicted molar refractivity (Wildman–Crippen MR) is 70.7 cm³/mol. The number of hydrogen-bond acceptors (Lipinski definition) is 2. The number of rotatable bonds is 3. The third kappa shape index (κ3) is 2.65. The lowest BCUT2D eigenvalue weighted by atomic mass is 10.1. The van der Waals surface area contributed by atoms with Gasteiger partial charge in [-0.25, -0.2) is 9.07 Å². The Bertz CT molecular complexity index is 606. The minimum Gasteiger partial charge on any atom is -0.359 e. The Kier molecular flexibility index (Phi) is 3.64. The van der Waals surface area contributed by atoms with Gasteiger partial charge in [-0.1, -0.05) is 0 Å². The summed E-state index contributed by atoms with van der Waals surface area (Å²) in [6.07, 6.45) is 3.44. The standard InChI is InChI=1S/C14H16FN3O/c1-9-6-12(4-5-13(9)15)18-8-11(7-17-18)10(2)14(19)16-3/h4-8,10H,1-3H3,(H,16,19). The van der Waals surface area contributed by atoms with Crippen molar-refractivity contribution in [1.29, 1.82) is 0 Å².